The molecule has 40 heavy (non-hydrogen) atoms. The van der Waals surface area contributed by atoms with Crippen molar-refractivity contribution in [2.24, 2.45) is 0 Å². The van der Waals surface area contributed by atoms with E-state index in [0.717, 1.165) is 10.4 Å². The van der Waals surface area contributed by atoms with Crippen molar-refractivity contribution in [2.45, 2.75) is 13.1 Å². The van der Waals surface area contributed by atoms with Crippen LogP contribution in [-0.4, -0.2) is 54.5 Å². The van der Waals surface area contributed by atoms with Gasteiger partial charge in [0, 0.05) is 6.61 Å². The van der Waals surface area contributed by atoms with Crippen LogP contribution >= 0.6 is 0 Å². The van der Waals surface area contributed by atoms with Gasteiger partial charge < -0.3 is 9.47 Å². The van der Waals surface area contributed by atoms with Gasteiger partial charge in [-0.15, -0.1) is 36.1 Å². The highest BCUT2D eigenvalue weighted by molar-refractivity contribution is 6.99. The van der Waals surface area contributed by atoms with Gasteiger partial charge in [-0.3, -0.25) is 9.78 Å². The van der Waals surface area contributed by atoms with E-state index in [1.54, 1.807) is 24.3 Å². The molecule has 2 rings (SSSR count). The van der Waals surface area contributed by atoms with Crippen LogP contribution in [0.5, 0.6) is 0 Å². The average molecular weight is 581 g/mol. The average Bonchev–Trinajstić information content (AvgIpc) is 3.00. The Hall–Kier alpha value is -3.39. The number of hydrogen-bond donors (Lipinski definition) is 0. The van der Waals surface area contributed by atoms with E-state index in [1.165, 1.54) is 0 Å². The van der Waals surface area contributed by atoms with Crippen LogP contribution in [0.15, 0.2) is 97.6 Å². The standard InChI is InChI=1S/C30H36O8Si2/c1-8-33-21-22-34-23-28(35-37-29(31)24-13-17-26(18-14-24)39(6,9-2)10-3)36-38-30(32)25-15-19-27(20-16-25)40(7,11-4)12-5/h9-20H,1-5,8,21-23H2,6-7H3. The Morgan fingerprint density at radius 1 is 0.650 bits per heavy atom. The van der Waals surface area contributed by atoms with E-state index in [2.05, 4.69) is 46.3 Å². The third-order valence-corrected chi connectivity index (χ3v) is 12.9. The van der Waals surface area contributed by atoms with Crippen LogP contribution in [0.4, 0.5) is 0 Å². The molecule has 212 valence electrons. The Labute approximate surface area is 238 Å². The minimum atomic E-state index is -2.02. The SMILES string of the molecule is [CH2]COCCOC[C](OOC(=O)c1ccc([Si](C)(C=C)C=C)cc1)OOC(=O)c1ccc([Si](C)(C=C)C=C)cc1. The first-order chi connectivity index (χ1) is 19.2. The van der Waals surface area contributed by atoms with Crippen molar-refractivity contribution in [3.63, 3.8) is 0 Å². The predicted octanol–water partition coefficient (Wildman–Crippen LogP) is 4.39. The van der Waals surface area contributed by atoms with E-state index in [4.69, 9.17) is 29.0 Å². The Balaban J connectivity index is 2.02. The molecule has 10 heteroatoms. The molecule has 8 nitrogen and oxygen atoms in total. The van der Waals surface area contributed by atoms with Gasteiger partial charge in [0.15, 0.2) is 0 Å². The predicted molar refractivity (Wildman–Crippen MR) is 159 cm³/mol. The van der Waals surface area contributed by atoms with Gasteiger partial charge in [-0.25, -0.2) is 9.59 Å². The molecule has 2 aromatic rings. The molecule has 0 saturated heterocycles. The summed E-state index contributed by atoms with van der Waals surface area (Å²) in [7, 11) is -4.05. The lowest BCUT2D eigenvalue weighted by Gasteiger charge is -2.19. The first kappa shape index (κ1) is 32.8. The molecule has 0 aliphatic rings. The molecule has 2 radical (unpaired) electrons. The molecule has 0 N–H and O–H groups in total. The lowest BCUT2D eigenvalue weighted by atomic mass is 10.2. The van der Waals surface area contributed by atoms with Gasteiger partial charge in [0.1, 0.15) is 22.8 Å². The van der Waals surface area contributed by atoms with Crippen molar-refractivity contribution < 1.29 is 38.6 Å². The second kappa shape index (κ2) is 16.0. The minimum Gasteiger partial charge on any atom is -0.379 e. The van der Waals surface area contributed by atoms with Crippen LogP contribution in [0.2, 0.25) is 13.1 Å². The van der Waals surface area contributed by atoms with E-state index in [9.17, 15) is 9.59 Å². The molecule has 0 aromatic heterocycles. The van der Waals surface area contributed by atoms with Gasteiger partial charge in [-0.05, 0) is 31.2 Å². The van der Waals surface area contributed by atoms with Crippen LogP contribution < -0.4 is 10.4 Å². The van der Waals surface area contributed by atoms with Gasteiger partial charge in [0.2, 0.25) is 0 Å². The Morgan fingerprint density at radius 3 is 1.38 bits per heavy atom. The summed E-state index contributed by atoms with van der Waals surface area (Å²) in [4.78, 5) is 45.0. The van der Waals surface area contributed by atoms with Crippen LogP contribution in [0.1, 0.15) is 20.7 Å². The van der Waals surface area contributed by atoms with Crippen LogP contribution in [0, 0.1) is 13.2 Å². The number of carbonyl (C=O) groups is 2. The quantitative estimate of drug-likeness (QED) is 0.111. The highest BCUT2D eigenvalue weighted by Crippen LogP contribution is 2.14. The minimum absolute atomic E-state index is 0.168. The molecule has 0 spiro atoms. The summed E-state index contributed by atoms with van der Waals surface area (Å²) in [6, 6.07) is 13.7. The van der Waals surface area contributed by atoms with E-state index in [0.29, 0.717) is 0 Å². The van der Waals surface area contributed by atoms with Crippen molar-refractivity contribution >= 4 is 38.5 Å². The molecule has 0 atom stereocenters. The molecule has 0 saturated carbocycles. The van der Waals surface area contributed by atoms with Crippen molar-refractivity contribution in [1.82, 2.24) is 0 Å². The molecule has 0 bridgehead atoms. The van der Waals surface area contributed by atoms with Crippen molar-refractivity contribution in [1.29, 1.82) is 0 Å². The lowest BCUT2D eigenvalue weighted by molar-refractivity contribution is -0.368. The molecule has 2 aromatic carbocycles. The maximum absolute atomic E-state index is 12.6. The first-order valence-corrected chi connectivity index (χ1v) is 17.8. The summed E-state index contributed by atoms with van der Waals surface area (Å²) in [5, 5.41) is 2.06. The van der Waals surface area contributed by atoms with Crippen molar-refractivity contribution in [2.75, 3.05) is 26.4 Å². The molecule has 0 heterocycles. The van der Waals surface area contributed by atoms with Crippen LogP contribution in [0.25, 0.3) is 0 Å². The van der Waals surface area contributed by atoms with Gasteiger partial charge in [-0.1, -0.05) is 70.5 Å². The van der Waals surface area contributed by atoms with Gasteiger partial charge in [0.25, 0.3) is 0 Å². The number of benzene rings is 2. The zero-order valence-corrected chi connectivity index (χ0v) is 25.1. The number of hydrogen-bond acceptors (Lipinski definition) is 8. The summed E-state index contributed by atoms with van der Waals surface area (Å²) in [6.45, 7) is 23.7. The van der Waals surface area contributed by atoms with E-state index >= 15 is 0 Å². The number of ether oxygens (including phenoxy) is 2. The largest absolute Gasteiger partial charge is 0.379 e. The number of carbonyl (C=O) groups excluding carboxylic acids is 2. The van der Waals surface area contributed by atoms with E-state index in [1.807, 2.05) is 47.1 Å². The molecule has 0 unspecified atom stereocenters. The number of rotatable bonds is 18. The lowest BCUT2D eigenvalue weighted by Crippen LogP contribution is -2.40. The molecule has 0 aliphatic carbocycles. The summed E-state index contributed by atoms with van der Waals surface area (Å²) in [5.41, 5.74) is 8.07. The third kappa shape index (κ3) is 9.08. The summed E-state index contributed by atoms with van der Waals surface area (Å²) < 4.78 is 10.5. The fourth-order valence-electron chi connectivity index (χ4n) is 3.27. The van der Waals surface area contributed by atoms with Crippen LogP contribution in [-0.2, 0) is 29.0 Å². The molecule has 0 fully saturated rings. The maximum atomic E-state index is 12.6. The third-order valence-electron chi connectivity index (χ3n) is 6.34. The first-order valence-electron chi connectivity index (χ1n) is 12.5. The Bertz CT molecular complexity index is 1060. The Kier molecular flexibility index (Phi) is 13.1. The van der Waals surface area contributed by atoms with E-state index in [-0.39, 0.29) is 37.6 Å². The molecule has 0 amide bonds. The molecule has 0 aliphatic heterocycles. The maximum Gasteiger partial charge on any atom is 0.373 e. The highest BCUT2D eigenvalue weighted by Gasteiger charge is 2.25. The summed E-state index contributed by atoms with van der Waals surface area (Å²) in [6.07, 6.45) is -0.402. The van der Waals surface area contributed by atoms with E-state index < -0.39 is 34.4 Å². The fourth-order valence-corrected chi connectivity index (χ4v) is 6.32. The van der Waals surface area contributed by atoms with Crippen molar-refractivity contribution in [3.8, 4) is 0 Å². The Morgan fingerprint density at radius 2 is 1.02 bits per heavy atom. The highest BCUT2D eigenvalue weighted by atomic mass is 28.3. The second-order valence-electron chi connectivity index (χ2n) is 8.98. The summed E-state index contributed by atoms with van der Waals surface area (Å²) >= 11 is 0. The zero-order valence-electron chi connectivity index (χ0n) is 23.1. The van der Waals surface area contributed by atoms with Crippen molar-refractivity contribution in [3.05, 3.63) is 122 Å². The topological polar surface area (TPSA) is 89.5 Å². The normalized spacial score (nSPS) is 11.5. The zero-order chi connectivity index (χ0) is 29.6. The monoisotopic (exact) mass is 580 g/mol. The molecular formula is C30H36O8Si2. The van der Waals surface area contributed by atoms with Gasteiger partial charge in [-0.2, -0.15) is 0 Å². The smallest absolute Gasteiger partial charge is 0.373 e. The fraction of sp³-hybridized carbons (Fsp3) is 0.200. The summed E-state index contributed by atoms with van der Waals surface area (Å²) in [5.74, 6) is -1.57. The molecular weight excluding hydrogens is 544 g/mol. The van der Waals surface area contributed by atoms with Crippen LogP contribution in [0.3, 0.4) is 0 Å². The van der Waals surface area contributed by atoms with Gasteiger partial charge >= 0.3 is 18.2 Å². The van der Waals surface area contributed by atoms with Gasteiger partial charge in [0.05, 0.1) is 24.3 Å². The second-order valence-corrected chi connectivity index (χ2v) is 16.9.